The quantitative estimate of drug-likeness (QED) is 0.601. The van der Waals surface area contributed by atoms with Gasteiger partial charge in [-0.1, -0.05) is 0 Å². The van der Waals surface area contributed by atoms with Crippen LogP contribution in [0.4, 0.5) is 4.39 Å². The molecule has 0 bridgehead atoms. The summed E-state index contributed by atoms with van der Waals surface area (Å²) < 4.78 is 15.0. The number of hydrogen-bond donors (Lipinski definition) is 0. The normalized spacial score (nSPS) is 15.2. The molecule has 3 heteroatoms. The van der Waals surface area contributed by atoms with Gasteiger partial charge in [-0.25, -0.2) is 9.37 Å². The first-order valence-electron chi connectivity index (χ1n) is 4.49. The summed E-state index contributed by atoms with van der Waals surface area (Å²) in [5.74, 6) is 0.893. The Labute approximate surface area is 75.0 Å². The maximum Gasteiger partial charge on any atom is 0.125 e. The molecule has 1 aromatic carbocycles. The van der Waals surface area contributed by atoms with Crippen molar-refractivity contribution in [3.63, 3.8) is 0 Å². The van der Waals surface area contributed by atoms with Crippen molar-refractivity contribution in [2.75, 3.05) is 0 Å². The lowest BCUT2D eigenvalue weighted by atomic mass is 10.3. The maximum absolute atomic E-state index is 12.9. The summed E-state index contributed by atoms with van der Waals surface area (Å²) >= 11 is 0. The van der Waals surface area contributed by atoms with Gasteiger partial charge < -0.3 is 4.57 Å². The van der Waals surface area contributed by atoms with Gasteiger partial charge in [0.2, 0.25) is 0 Å². The van der Waals surface area contributed by atoms with E-state index in [9.17, 15) is 4.39 Å². The Hall–Kier alpha value is -1.38. The second kappa shape index (κ2) is 2.31. The van der Waals surface area contributed by atoms with Gasteiger partial charge >= 0.3 is 0 Å². The summed E-state index contributed by atoms with van der Waals surface area (Å²) in [7, 11) is 0. The fourth-order valence-electron chi connectivity index (χ4n) is 1.99. The molecule has 1 aliphatic rings. The third-order valence-corrected chi connectivity index (χ3v) is 2.57. The lowest BCUT2D eigenvalue weighted by molar-refractivity contribution is 0.629. The molecule has 1 aliphatic heterocycles. The van der Waals surface area contributed by atoms with E-state index in [0.29, 0.717) is 0 Å². The van der Waals surface area contributed by atoms with Crippen LogP contribution in [0.1, 0.15) is 12.2 Å². The van der Waals surface area contributed by atoms with E-state index in [-0.39, 0.29) is 5.82 Å². The summed E-state index contributed by atoms with van der Waals surface area (Å²) in [6.45, 7) is 1.03. The average Bonchev–Trinajstić information content (AvgIpc) is 2.62. The van der Waals surface area contributed by atoms with E-state index >= 15 is 0 Å². The van der Waals surface area contributed by atoms with Gasteiger partial charge in [0.1, 0.15) is 11.6 Å². The lowest BCUT2D eigenvalue weighted by Gasteiger charge is -1.96. The Morgan fingerprint density at radius 2 is 2.31 bits per heavy atom. The highest BCUT2D eigenvalue weighted by Crippen LogP contribution is 2.22. The van der Waals surface area contributed by atoms with Crippen molar-refractivity contribution in [3.05, 3.63) is 29.8 Å². The third kappa shape index (κ3) is 0.899. The standard InChI is InChI=1S/C10H9FN2/c11-7-3-4-9-8(6-7)12-10-2-1-5-13(9)10/h3-4,6H,1-2,5H2. The predicted molar refractivity (Wildman–Crippen MR) is 48.0 cm³/mol. The number of fused-ring (bicyclic) bond motifs is 3. The van der Waals surface area contributed by atoms with Crippen molar-refractivity contribution < 1.29 is 4.39 Å². The monoisotopic (exact) mass is 176 g/mol. The van der Waals surface area contributed by atoms with Gasteiger partial charge in [-0.3, -0.25) is 0 Å². The first-order valence-corrected chi connectivity index (χ1v) is 4.49. The molecule has 1 aromatic heterocycles. The lowest BCUT2D eigenvalue weighted by Crippen LogP contribution is -1.90. The van der Waals surface area contributed by atoms with Gasteiger partial charge in [0, 0.05) is 19.0 Å². The van der Waals surface area contributed by atoms with Crippen LogP contribution in [0.5, 0.6) is 0 Å². The zero-order valence-corrected chi connectivity index (χ0v) is 7.13. The molecule has 2 nitrogen and oxygen atoms in total. The molecule has 3 rings (SSSR count). The first-order chi connectivity index (χ1) is 6.34. The zero-order valence-electron chi connectivity index (χ0n) is 7.13. The van der Waals surface area contributed by atoms with E-state index in [1.807, 2.05) is 6.07 Å². The van der Waals surface area contributed by atoms with Crippen LogP contribution >= 0.6 is 0 Å². The molecule has 2 heterocycles. The molecule has 2 aromatic rings. The van der Waals surface area contributed by atoms with Crippen LogP contribution in [0.15, 0.2) is 18.2 Å². The first kappa shape index (κ1) is 7.06. The Morgan fingerprint density at radius 1 is 1.38 bits per heavy atom. The highest BCUT2D eigenvalue weighted by atomic mass is 19.1. The highest BCUT2D eigenvalue weighted by Gasteiger charge is 2.15. The van der Waals surface area contributed by atoms with Crippen LogP contribution < -0.4 is 0 Å². The number of benzene rings is 1. The molecular formula is C10H9FN2. The molecule has 66 valence electrons. The van der Waals surface area contributed by atoms with Crippen molar-refractivity contribution in [1.82, 2.24) is 9.55 Å². The van der Waals surface area contributed by atoms with Gasteiger partial charge in [0.05, 0.1) is 11.0 Å². The molecule has 0 atom stereocenters. The van der Waals surface area contributed by atoms with Crippen LogP contribution in [-0.2, 0) is 13.0 Å². The molecule has 0 fully saturated rings. The van der Waals surface area contributed by atoms with Crippen molar-refractivity contribution in [2.24, 2.45) is 0 Å². The third-order valence-electron chi connectivity index (χ3n) is 2.57. The number of imidazole rings is 1. The molecular weight excluding hydrogens is 167 g/mol. The summed E-state index contributed by atoms with van der Waals surface area (Å²) in [5.41, 5.74) is 1.85. The van der Waals surface area contributed by atoms with Crippen molar-refractivity contribution in [3.8, 4) is 0 Å². The summed E-state index contributed by atoms with van der Waals surface area (Å²) in [4.78, 5) is 4.38. The SMILES string of the molecule is Fc1ccc2c(c1)nc1n2CCC1. The van der Waals surface area contributed by atoms with Crippen LogP contribution in [0, 0.1) is 5.82 Å². The Morgan fingerprint density at radius 3 is 3.23 bits per heavy atom. The fourth-order valence-corrected chi connectivity index (χ4v) is 1.99. The summed E-state index contributed by atoms with van der Waals surface area (Å²) in [6.07, 6.45) is 2.19. The number of aryl methyl sites for hydroxylation is 2. The molecule has 0 unspecified atom stereocenters. The summed E-state index contributed by atoms with van der Waals surface area (Å²) in [5, 5.41) is 0. The van der Waals surface area contributed by atoms with E-state index in [2.05, 4.69) is 9.55 Å². The van der Waals surface area contributed by atoms with Crippen molar-refractivity contribution in [2.45, 2.75) is 19.4 Å². The smallest absolute Gasteiger partial charge is 0.125 e. The average molecular weight is 176 g/mol. The molecule has 0 saturated heterocycles. The minimum absolute atomic E-state index is 0.204. The predicted octanol–water partition coefficient (Wildman–Crippen LogP) is 2.12. The Kier molecular flexibility index (Phi) is 1.26. The molecule has 0 amide bonds. The number of hydrogen-bond acceptors (Lipinski definition) is 1. The number of nitrogens with zero attached hydrogens (tertiary/aromatic N) is 2. The Bertz CT molecular complexity index is 473. The van der Waals surface area contributed by atoms with Crippen LogP contribution in [-0.4, -0.2) is 9.55 Å². The van der Waals surface area contributed by atoms with E-state index in [0.717, 1.165) is 36.2 Å². The molecule has 0 radical (unpaired) electrons. The maximum atomic E-state index is 12.9. The van der Waals surface area contributed by atoms with Gasteiger partial charge in [-0.15, -0.1) is 0 Å². The van der Waals surface area contributed by atoms with Crippen LogP contribution in [0.3, 0.4) is 0 Å². The van der Waals surface area contributed by atoms with E-state index in [4.69, 9.17) is 0 Å². The number of halogens is 1. The number of rotatable bonds is 0. The number of aromatic nitrogens is 2. The Balaban J connectivity index is 2.38. The van der Waals surface area contributed by atoms with E-state index < -0.39 is 0 Å². The fraction of sp³-hybridized carbons (Fsp3) is 0.300. The molecule has 0 aliphatic carbocycles. The van der Waals surface area contributed by atoms with E-state index in [1.165, 1.54) is 12.1 Å². The van der Waals surface area contributed by atoms with Gasteiger partial charge in [0.25, 0.3) is 0 Å². The second-order valence-corrected chi connectivity index (χ2v) is 3.42. The van der Waals surface area contributed by atoms with Crippen molar-refractivity contribution in [1.29, 1.82) is 0 Å². The van der Waals surface area contributed by atoms with Gasteiger partial charge in [0.15, 0.2) is 0 Å². The topological polar surface area (TPSA) is 17.8 Å². The zero-order chi connectivity index (χ0) is 8.84. The molecule has 13 heavy (non-hydrogen) atoms. The van der Waals surface area contributed by atoms with Gasteiger partial charge in [-0.05, 0) is 18.6 Å². The highest BCUT2D eigenvalue weighted by molar-refractivity contribution is 5.76. The van der Waals surface area contributed by atoms with Crippen molar-refractivity contribution >= 4 is 11.0 Å². The molecule has 0 N–H and O–H groups in total. The minimum atomic E-state index is -0.204. The summed E-state index contributed by atoms with van der Waals surface area (Å²) in [6, 6.07) is 4.81. The molecule has 0 saturated carbocycles. The van der Waals surface area contributed by atoms with E-state index in [1.54, 1.807) is 0 Å². The van der Waals surface area contributed by atoms with Crippen LogP contribution in [0.25, 0.3) is 11.0 Å². The van der Waals surface area contributed by atoms with Gasteiger partial charge in [-0.2, -0.15) is 0 Å². The minimum Gasteiger partial charge on any atom is -0.328 e. The molecule has 0 spiro atoms. The van der Waals surface area contributed by atoms with Crippen LogP contribution in [0.2, 0.25) is 0 Å². The second-order valence-electron chi connectivity index (χ2n) is 3.42. The largest absolute Gasteiger partial charge is 0.328 e.